The molecular formula is C22H21N3O4. The van der Waals surface area contributed by atoms with Gasteiger partial charge in [-0.2, -0.15) is 0 Å². The molecule has 0 bridgehead atoms. The second-order valence-electron chi connectivity index (χ2n) is 6.42. The number of carbonyl (C=O) groups excluding carboxylic acids is 3. The molecule has 0 aliphatic rings. The highest BCUT2D eigenvalue weighted by Gasteiger charge is 2.17. The fourth-order valence-electron chi connectivity index (χ4n) is 2.82. The second-order valence-corrected chi connectivity index (χ2v) is 6.42. The van der Waals surface area contributed by atoms with E-state index >= 15 is 0 Å². The van der Waals surface area contributed by atoms with E-state index in [2.05, 4.69) is 16.0 Å². The molecule has 3 amide bonds. The molecule has 7 nitrogen and oxygen atoms in total. The van der Waals surface area contributed by atoms with E-state index < -0.39 is 6.04 Å². The summed E-state index contributed by atoms with van der Waals surface area (Å²) in [6.45, 7) is 1.42. The molecule has 3 N–H and O–H groups in total. The Morgan fingerprint density at radius 1 is 0.862 bits per heavy atom. The highest BCUT2D eigenvalue weighted by atomic mass is 16.3. The van der Waals surface area contributed by atoms with Gasteiger partial charge in [0.1, 0.15) is 0 Å². The van der Waals surface area contributed by atoms with Crippen molar-refractivity contribution in [1.82, 2.24) is 5.32 Å². The van der Waals surface area contributed by atoms with Crippen LogP contribution >= 0.6 is 0 Å². The SMILES string of the molecule is CC(=O)NC(CC(=O)Nc1ccc(NC(=O)c2ccco2)cc1)c1ccccc1. The fraction of sp³-hybridized carbons (Fsp3) is 0.136. The highest BCUT2D eigenvalue weighted by molar-refractivity contribution is 6.02. The van der Waals surface area contributed by atoms with Crippen molar-refractivity contribution in [2.24, 2.45) is 0 Å². The topological polar surface area (TPSA) is 100 Å². The molecule has 148 valence electrons. The van der Waals surface area contributed by atoms with Gasteiger partial charge in [-0.1, -0.05) is 30.3 Å². The Balaban J connectivity index is 1.59. The van der Waals surface area contributed by atoms with E-state index in [0.717, 1.165) is 5.56 Å². The van der Waals surface area contributed by atoms with Crippen LogP contribution in [0.15, 0.2) is 77.4 Å². The number of anilines is 2. The van der Waals surface area contributed by atoms with Crippen LogP contribution in [-0.4, -0.2) is 17.7 Å². The van der Waals surface area contributed by atoms with E-state index in [4.69, 9.17) is 4.42 Å². The van der Waals surface area contributed by atoms with Crippen molar-refractivity contribution in [3.8, 4) is 0 Å². The van der Waals surface area contributed by atoms with Crippen LogP contribution in [0.25, 0.3) is 0 Å². The number of rotatable bonds is 7. The van der Waals surface area contributed by atoms with Gasteiger partial charge in [0.05, 0.1) is 18.7 Å². The fourth-order valence-corrected chi connectivity index (χ4v) is 2.82. The molecule has 0 aliphatic carbocycles. The first-order valence-electron chi connectivity index (χ1n) is 9.08. The van der Waals surface area contributed by atoms with E-state index in [1.807, 2.05) is 30.3 Å². The van der Waals surface area contributed by atoms with Gasteiger partial charge in [0.25, 0.3) is 5.91 Å². The van der Waals surface area contributed by atoms with Gasteiger partial charge < -0.3 is 20.4 Å². The third kappa shape index (κ3) is 5.80. The van der Waals surface area contributed by atoms with Gasteiger partial charge in [-0.15, -0.1) is 0 Å². The summed E-state index contributed by atoms with van der Waals surface area (Å²) in [5.41, 5.74) is 2.01. The van der Waals surface area contributed by atoms with Gasteiger partial charge in [0, 0.05) is 18.3 Å². The lowest BCUT2D eigenvalue weighted by atomic mass is 10.0. The molecule has 1 atom stereocenters. The van der Waals surface area contributed by atoms with Gasteiger partial charge >= 0.3 is 0 Å². The molecule has 1 unspecified atom stereocenters. The van der Waals surface area contributed by atoms with Crippen molar-refractivity contribution in [2.75, 3.05) is 10.6 Å². The first kappa shape index (κ1) is 19.9. The molecule has 0 spiro atoms. The zero-order chi connectivity index (χ0) is 20.6. The lowest BCUT2D eigenvalue weighted by Gasteiger charge is -2.18. The average molecular weight is 391 g/mol. The third-order valence-corrected chi connectivity index (χ3v) is 4.14. The summed E-state index contributed by atoms with van der Waals surface area (Å²) in [4.78, 5) is 35.9. The molecule has 7 heteroatoms. The number of benzene rings is 2. The Kier molecular flexibility index (Phi) is 6.42. The summed E-state index contributed by atoms with van der Waals surface area (Å²) < 4.78 is 5.05. The molecule has 0 fully saturated rings. The summed E-state index contributed by atoms with van der Waals surface area (Å²) in [5.74, 6) is -0.580. The van der Waals surface area contributed by atoms with Crippen molar-refractivity contribution in [2.45, 2.75) is 19.4 Å². The van der Waals surface area contributed by atoms with E-state index in [9.17, 15) is 14.4 Å². The number of carbonyl (C=O) groups is 3. The van der Waals surface area contributed by atoms with Crippen molar-refractivity contribution < 1.29 is 18.8 Å². The van der Waals surface area contributed by atoms with Crippen LogP contribution in [0.1, 0.15) is 35.5 Å². The van der Waals surface area contributed by atoms with Crippen LogP contribution in [0, 0.1) is 0 Å². The second kappa shape index (κ2) is 9.36. The summed E-state index contributed by atoms with van der Waals surface area (Å²) >= 11 is 0. The monoisotopic (exact) mass is 391 g/mol. The molecule has 0 aliphatic heterocycles. The van der Waals surface area contributed by atoms with Crippen molar-refractivity contribution in [3.63, 3.8) is 0 Å². The Hall–Kier alpha value is -3.87. The molecular weight excluding hydrogens is 370 g/mol. The minimum Gasteiger partial charge on any atom is -0.459 e. The molecule has 29 heavy (non-hydrogen) atoms. The normalized spacial score (nSPS) is 11.3. The minimum absolute atomic E-state index is 0.0978. The van der Waals surface area contributed by atoms with Crippen LogP contribution in [0.4, 0.5) is 11.4 Å². The van der Waals surface area contributed by atoms with Crippen molar-refractivity contribution >= 4 is 29.1 Å². The summed E-state index contributed by atoms with van der Waals surface area (Å²) in [6.07, 6.45) is 1.53. The first-order chi connectivity index (χ1) is 14.0. The third-order valence-electron chi connectivity index (χ3n) is 4.14. The molecule has 1 heterocycles. The highest BCUT2D eigenvalue weighted by Crippen LogP contribution is 2.19. The number of amides is 3. The van der Waals surface area contributed by atoms with E-state index in [1.165, 1.54) is 13.2 Å². The van der Waals surface area contributed by atoms with Gasteiger partial charge in [-0.25, -0.2) is 0 Å². The maximum absolute atomic E-state index is 12.5. The first-order valence-corrected chi connectivity index (χ1v) is 9.08. The lowest BCUT2D eigenvalue weighted by Crippen LogP contribution is -2.29. The van der Waals surface area contributed by atoms with Crippen LogP contribution in [-0.2, 0) is 9.59 Å². The zero-order valence-electron chi connectivity index (χ0n) is 15.8. The largest absolute Gasteiger partial charge is 0.459 e. The molecule has 0 saturated carbocycles. The summed E-state index contributed by atoms with van der Waals surface area (Å²) in [7, 11) is 0. The molecule has 3 rings (SSSR count). The van der Waals surface area contributed by atoms with E-state index in [1.54, 1.807) is 36.4 Å². The summed E-state index contributed by atoms with van der Waals surface area (Å²) in [6, 6.07) is 18.8. The van der Waals surface area contributed by atoms with Crippen LogP contribution < -0.4 is 16.0 Å². The number of hydrogen-bond acceptors (Lipinski definition) is 4. The average Bonchev–Trinajstić information content (AvgIpc) is 3.24. The number of nitrogens with one attached hydrogen (secondary N) is 3. The quantitative estimate of drug-likeness (QED) is 0.571. The van der Waals surface area contributed by atoms with Gasteiger partial charge in [0.15, 0.2) is 5.76 Å². The van der Waals surface area contributed by atoms with Gasteiger partial charge in [0.2, 0.25) is 11.8 Å². The minimum atomic E-state index is -0.416. The molecule has 0 saturated heterocycles. The van der Waals surface area contributed by atoms with Crippen LogP contribution in [0.2, 0.25) is 0 Å². The maximum Gasteiger partial charge on any atom is 0.291 e. The standard InChI is InChI=1S/C22H21N3O4/c1-15(26)23-19(16-6-3-2-4-7-16)14-21(27)24-17-9-11-18(12-10-17)25-22(28)20-8-5-13-29-20/h2-13,19H,14H2,1H3,(H,23,26)(H,24,27)(H,25,28). The van der Waals surface area contributed by atoms with Gasteiger partial charge in [-0.05, 0) is 42.0 Å². The number of furan rings is 1. The molecule has 0 radical (unpaired) electrons. The Morgan fingerprint density at radius 3 is 2.10 bits per heavy atom. The van der Waals surface area contributed by atoms with Crippen LogP contribution in [0.5, 0.6) is 0 Å². The molecule has 1 aromatic heterocycles. The van der Waals surface area contributed by atoms with Crippen molar-refractivity contribution in [3.05, 3.63) is 84.3 Å². The number of hydrogen-bond donors (Lipinski definition) is 3. The zero-order valence-corrected chi connectivity index (χ0v) is 15.8. The van der Waals surface area contributed by atoms with E-state index in [0.29, 0.717) is 11.4 Å². The molecule has 3 aromatic rings. The van der Waals surface area contributed by atoms with Crippen LogP contribution in [0.3, 0.4) is 0 Å². The van der Waals surface area contributed by atoms with E-state index in [-0.39, 0.29) is 29.9 Å². The maximum atomic E-state index is 12.5. The Morgan fingerprint density at radius 2 is 1.52 bits per heavy atom. The lowest BCUT2D eigenvalue weighted by molar-refractivity contribution is -0.120. The molecule has 2 aromatic carbocycles. The predicted molar refractivity (Wildman–Crippen MR) is 109 cm³/mol. The van der Waals surface area contributed by atoms with Crippen molar-refractivity contribution in [1.29, 1.82) is 0 Å². The van der Waals surface area contributed by atoms with Gasteiger partial charge in [-0.3, -0.25) is 14.4 Å². The predicted octanol–water partition coefficient (Wildman–Crippen LogP) is 3.74. The Labute approximate surface area is 168 Å². The summed E-state index contributed by atoms with van der Waals surface area (Å²) in [5, 5.41) is 8.31. The smallest absolute Gasteiger partial charge is 0.291 e. The Bertz CT molecular complexity index is 967.